The molecule has 0 spiro atoms. The zero-order valence-electron chi connectivity index (χ0n) is 8.27. The first-order chi connectivity index (χ1) is 7.40. The molecular formula is C14H10N. The maximum atomic E-state index is 8.93. The van der Waals surface area contributed by atoms with E-state index in [0.717, 1.165) is 12.0 Å². The Balaban J connectivity index is 2.29. The number of nitriles is 1. The molecule has 0 bridgehead atoms. The highest BCUT2D eigenvalue weighted by molar-refractivity contribution is 5.39. The molecule has 0 unspecified atom stereocenters. The van der Waals surface area contributed by atoms with E-state index in [1.54, 1.807) is 6.07 Å². The van der Waals surface area contributed by atoms with Crippen molar-refractivity contribution in [3.05, 3.63) is 71.3 Å². The van der Waals surface area contributed by atoms with Gasteiger partial charge in [0.2, 0.25) is 0 Å². The molecular weight excluding hydrogens is 182 g/mol. The lowest BCUT2D eigenvalue weighted by atomic mass is 10.0. The van der Waals surface area contributed by atoms with Crippen molar-refractivity contribution in [1.82, 2.24) is 0 Å². The van der Waals surface area contributed by atoms with Crippen LogP contribution in [0.2, 0.25) is 0 Å². The minimum absolute atomic E-state index is 0.710. The Hall–Kier alpha value is -2.07. The van der Waals surface area contributed by atoms with Crippen molar-refractivity contribution >= 4 is 0 Å². The Morgan fingerprint density at radius 3 is 2.67 bits per heavy atom. The normalized spacial score (nSPS) is 9.53. The second-order valence-electron chi connectivity index (χ2n) is 3.36. The Bertz CT molecular complexity index is 480. The summed E-state index contributed by atoms with van der Waals surface area (Å²) in [5, 5.41) is 8.93. The molecule has 71 valence electrons. The van der Waals surface area contributed by atoms with Crippen LogP contribution in [0.3, 0.4) is 0 Å². The van der Waals surface area contributed by atoms with Crippen LogP contribution in [0.1, 0.15) is 16.7 Å². The van der Waals surface area contributed by atoms with Crippen LogP contribution in [-0.4, -0.2) is 0 Å². The molecule has 0 N–H and O–H groups in total. The van der Waals surface area contributed by atoms with E-state index in [1.807, 2.05) is 30.3 Å². The monoisotopic (exact) mass is 192 g/mol. The Kier molecular flexibility index (Phi) is 2.80. The first-order valence-electron chi connectivity index (χ1n) is 4.83. The molecule has 0 saturated carbocycles. The second kappa shape index (κ2) is 4.43. The summed E-state index contributed by atoms with van der Waals surface area (Å²) in [5.41, 5.74) is 2.99. The van der Waals surface area contributed by atoms with Crippen LogP contribution in [0.25, 0.3) is 0 Å². The molecule has 0 aromatic heterocycles. The number of rotatable bonds is 2. The third-order valence-electron chi connectivity index (χ3n) is 2.31. The molecule has 0 saturated heterocycles. The van der Waals surface area contributed by atoms with E-state index in [4.69, 9.17) is 5.26 Å². The van der Waals surface area contributed by atoms with Crippen molar-refractivity contribution in [1.29, 1.82) is 5.26 Å². The molecule has 1 heteroatoms. The summed E-state index contributed by atoms with van der Waals surface area (Å²) >= 11 is 0. The largest absolute Gasteiger partial charge is 0.192 e. The van der Waals surface area contributed by atoms with E-state index in [0.29, 0.717) is 5.56 Å². The Labute approximate surface area is 89.6 Å². The minimum Gasteiger partial charge on any atom is -0.192 e. The van der Waals surface area contributed by atoms with Gasteiger partial charge < -0.3 is 0 Å². The van der Waals surface area contributed by atoms with Crippen molar-refractivity contribution in [2.45, 2.75) is 6.42 Å². The Morgan fingerprint density at radius 2 is 1.93 bits per heavy atom. The standard InChI is InChI=1S/C14H10N/c15-11-14-9-5-4-8-13(14)10-12-6-2-1-3-7-12/h1-4,6-9H,10H2. The fraction of sp³-hybridized carbons (Fsp3) is 0.0714. The smallest absolute Gasteiger partial charge is 0.0994 e. The summed E-state index contributed by atoms with van der Waals surface area (Å²) < 4.78 is 0. The van der Waals surface area contributed by atoms with Crippen LogP contribution in [0.5, 0.6) is 0 Å². The first-order valence-corrected chi connectivity index (χ1v) is 4.83. The average molecular weight is 192 g/mol. The summed E-state index contributed by atoms with van der Waals surface area (Å²) in [6.07, 6.45) is 0.804. The van der Waals surface area contributed by atoms with Gasteiger partial charge in [-0.3, -0.25) is 0 Å². The quantitative estimate of drug-likeness (QED) is 0.717. The van der Waals surface area contributed by atoms with Gasteiger partial charge in [0, 0.05) is 0 Å². The van der Waals surface area contributed by atoms with Gasteiger partial charge in [0.05, 0.1) is 11.6 Å². The highest BCUT2D eigenvalue weighted by Gasteiger charge is 2.01. The van der Waals surface area contributed by atoms with Gasteiger partial charge in [0.15, 0.2) is 0 Å². The number of hydrogen-bond donors (Lipinski definition) is 0. The molecule has 0 fully saturated rings. The third-order valence-corrected chi connectivity index (χ3v) is 2.31. The van der Waals surface area contributed by atoms with Crippen molar-refractivity contribution in [2.75, 3.05) is 0 Å². The number of hydrogen-bond acceptors (Lipinski definition) is 1. The fourth-order valence-electron chi connectivity index (χ4n) is 1.54. The maximum Gasteiger partial charge on any atom is 0.0994 e. The summed E-state index contributed by atoms with van der Waals surface area (Å²) in [4.78, 5) is 0. The predicted octanol–water partition coefficient (Wildman–Crippen LogP) is 2.95. The second-order valence-corrected chi connectivity index (χ2v) is 3.36. The molecule has 1 nitrogen and oxygen atoms in total. The molecule has 0 atom stereocenters. The van der Waals surface area contributed by atoms with Crippen LogP contribution in [0, 0.1) is 17.4 Å². The van der Waals surface area contributed by atoms with Crippen LogP contribution in [0.4, 0.5) is 0 Å². The van der Waals surface area contributed by atoms with Crippen molar-refractivity contribution in [3.63, 3.8) is 0 Å². The summed E-state index contributed by atoms with van der Waals surface area (Å²) in [6.45, 7) is 0. The molecule has 0 aliphatic heterocycles. The zero-order valence-corrected chi connectivity index (χ0v) is 8.27. The first kappa shape index (κ1) is 9.48. The number of benzene rings is 2. The molecule has 0 aliphatic rings. The molecule has 2 rings (SSSR count). The van der Waals surface area contributed by atoms with Gasteiger partial charge in [-0.05, 0) is 29.7 Å². The van der Waals surface area contributed by atoms with Gasteiger partial charge in [-0.15, -0.1) is 0 Å². The highest BCUT2D eigenvalue weighted by Crippen LogP contribution is 2.12. The van der Waals surface area contributed by atoms with Gasteiger partial charge >= 0.3 is 0 Å². The fourth-order valence-corrected chi connectivity index (χ4v) is 1.54. The average Bonchev–Trinajstić information content (AvgIpc) is 2.31. The van der Waals surface area contributed by atoms with E-state index in [9.17, 15) is 0 Å². The molecule has 1 radical (unpaired) electrons. The van der Waals surface area contributed by atoms with E-state index < -0.39 is 0 Å². The molecule has 2 aromatic carbocycles. The minimum atomic E-state index is 0.710. The van der Waals surface area contributed by atoms with Gasteiger partial charge in [0.1, 0.15) is 0 Å². The van der Waals surface area contributed by atoms with Crippen molar-refractivity contribution in [3.8, 4) is 6.07 Å². The molecule has 15 heavy (non-hydrogen) atoms. The van der Waals surface area contributed by atoms with Crippen LogP contribution >= 0.6 is 0 Å². The van der Waals surface area contributed by atoms with Crippen LogP contribution < -0.4 is 0 Å². The summed E-state index contributed by atoms with van der Waals surface area (Å²) in [6, 6.07) is 20.8. The molecule has 0 heterocycles. The lowest BCUT2D eigenvalue weighted by Gasteiger charge is -2.03. The van der Waals surface area contributed by atoms with E-state index in [-0.39, 0.29) is 0 Å². The highest BCUT2D eigenvalue weighted by atomic mass is 14.2. The predicted molar refractivity (Wildman–Crippen MR) is 59.2 cm³/mol. The topological polar surface area (TPSA) is 23.8 Å². The lowest BCUT2D eigenvalue weighted by molar-refractivity contribution is 1.18. The maximum absolute atomic E-state index is 8.93. The SMILES string of the molecule is N#Cc1c[c]ccc1Cc1ccccc1. The number of nitrogens with zero attached hydrogens (tertiary/aromatic N) is 1. The molecule has 2 aromatic rings. The van der Waals surface area contributed by atoms with Crippen molar-refractivity contribution in [2.24, 2.45) is 0 Å². The summed E-state index contributed by atoms with van der Waals surface area (Å²) in [7, 11) is 0. The van der Waals surface area contributed by atoms with Gasteiger partial charge in [-0.25, -0.2) is 0 Å². The zero-order chi connectivity index (χ0) is 10.5. The van der Waals surface area contributed by atoms with E-state index >= 15 is 0 Å². The molecule has 0 aliphatic carbocycles. The van der Waals surface area contributed by atoms with Crippen molar-refractivity contribution < 1.29 is 0 Å². The Morgan fingerprint density at radius 1 is 1.13 bits per heavy atom. The summed E-state index contributed by atoms with van der Waals surface area (Å²) in [5.74, 6) is 0. The third kappa shape index (κ3) is 2.24. The van der Waals surface area contributed by atoms with E-state index in [1.165, 1.54) is 5.56 Å². The van der Waals surface area contributed by atoms with Crippen LogP contribution in [0.15, 0.2) is 48.5 Å². The van der Waals surface area contributed by atoms with Gasteiger partial charge in [0.25, 0.3) is 0 Å². The van der Waals surface area contributed by atoms with Crippen LogP contribution in [-0.2, 0) is 6.42 Å². The molecule has 0 amide bonds. The van der Waals surface area contributed by atoms with E-state index in [2.05, 4.69) is 24.3 Å². The van der Waals surface area contributed by atoms with Gasteiger partial charge in [-0.1, -0.05) is 42.5 Å². The van der Waals surface area contributed by atoms with Gasteiger partial charge in [-0.2, -0.15) is 5.26 Å². The lowest BCUT2D eigenvalue weighted by Crippen LogP contribution is -1.91.